The molecule has 2 aromatic rings. The summed E-state index contributed by atoms with van der Waals surface area (Å²) in [5, 5.41) is 2.53. The molecule has 31 heavy (non-hydrogen) atoms. The van der Waals surface area contributed by atoms with E-state index in [-0.39, 0.29) is 29.6 Å². The summed E-state index contributed by atoms with van der Waals surface area (Å²) in [6.45, 7) is -0.180. The smallest absolute Gasteiger partial charge is 0.406 e. The maximum atomic E-state index is 12.8. The van der Waals surface area contributed by atoms with E-state index < -0.39 is 29.9 Å². The number of hydrogen-bond donors (Lipinski definition) is 1. The predicted octanol–water partition coefficient (Wildman–Crippen LogP) is 5.43. The van der Waals surface area contributed by atoms with Gasteiger partial charge in [-0.1, -0.05) is 17.7 Å². The highest BCUT2D eigenvalue weighted by Crippen LogP contribution is 2.35. The molecule has 0 saturated carbocycles. The molecule has 166 valence electrons. The molecule has 1 N–H and O–H groups in total. The van der Waals surface area contributed by atoms with Crippen molar-refractivity contribution in [2.75, 3.05) is 16.8 Å². The highest BCUT2D eigenvalue weighted by Gasteiger charge is 2.34. The van der Waals surface area contributed by atoms with Crippen molar-refractivity contribution in [2.45, 2.75) is 25.0 Å². The number of carbonyl (C=O) groups is 1. The fourth-order valence-electron chi connectivity index (χ4n) is 2.88. The Morgan fingerprint density at radius 1 is 1.19 bits per heavy atom. The lowest BCUT2D eigenvalue weighted by atomic mass is 10.1. The average molecular weight is 466 g/mol. The zero-order valence-corrected chi connectivity index (χ0v) is 16.2. The number of nitrogens with one attached hydrogen (secondary N) is 1. The van der Waals surface area contributed by atoms with Crippen LogP contribution in [-0.2, 0) is 11.0 Å². The van der Waals surface area contributed by atoms with E-state index in [1.165, 1.54) is 23.2 Å². The van der Waals surface area contributed by atoms with Gasteiger partial charge in [0.1, 0.15) is 5.75 Å². The van der Waals surface area contributed by atoms with Gasteiger partial charge < -0.3 is 15.0 Å². The third-order valence-corrected chi connectivity index (χ3v) is 4.56. The van der Waals surface area contributed by atoms with Gasteiger partial charge in [0, 0.05) is 18.1 Å². The second-order valence-corrected chi connectivity index (χ2v) is 6.87. The number of nitrogens with zero attached hydrogens (tertiary/aromatic N) is 2. The number of rotatable bonds is 6. The second kappa shape index (κ2) is 8.66. The van der Waals surface area contributed by atoms with Crippen molar-refractivity contribution in [2.24, 2.45) is 0 Å². The van der Waals surface area contributed by atoms with Gasteiger partial charge in [0.15, 0.2) is 11.6 Å². The Morgan fingerprint density at radius 3 is 2.45 bits per heavy atom. The van der Waals surface area contributed by atoms with Gasteiger partial charge in [0.2, 0.25) is 0 Å². The number of aromatic nitrogens is 1. The molecule has 0 aliphatic carbocycles. The molecule has 0 amide bonds. The van der Waals surface area contributed by atoms with Crippen LogP contribution in [0.4, 0.5) is 37.8 Å². The van der Waals surface area contributed by atoms with E-state index in [1.807, 2.05) is 0 Å². The molecule has 0 fully saturated rings. The number of halogens is 7. The first-order chi connectivity index (χ1) is 14.4. The van der Waals surface area contributed by atoms with Crippen molar-refractivity contribution in [1.82, 2.24) is 4.98 Å². The summed E-state index contributed by atoms with van der Waals surface area (Å²) in [7, 11) is 0. The van der Waals surface area contributed by atoms with Crippen LogP contribution in [0, 0.1) is 0 Å². The van der Waals surface area contributed by atoms with E-state index in [1.54, 1.807) is 6.08 Å². The highest BCUT2D eigenvalue weighted by molar-refractivity contribution is 6.33. The van der Waals surface area contributed by atoms with Crippen LogP contribution in [0.2, 0.25) is 5.02 Å². The Hall–Kier alpha value is -2.95. The van der Waals surface area contributed by atoms with Crippen LogP contribution in [0.3, 0.4) is 0 Å². The van der Waals surface area contributed by atoms with Crippen molar-refractivity contribution < 1.29 is 35.9 Å². The molecule has 2 heterocycles. The Kier molecular flexibility index (Phi) is 6.35. The van der Waals surface area contributed by atoms with E-state index in [9.17, 15) is 31.1 Å². The first-order valence-corrected chi connectivity index (χ1v) is 9.12. The molecule has 1 aliphatic rings. The Bertz CT molecular complexity index is 976. The molecule has 1 aromatic carbocycles. The number of pyridine rings is 1. The standard InChI is InChI=1S/C19H14ClF6N3O2/c20-14-8-11(18(21,22)23)9-28-17(14)29-7-1-2-15(29)16(30)10-27-12-3-5-13(6-4-12)31-19(24,25)26/h1,3-9,15,27H,2,10H2. The molecule has 5 nitrogen and oxygen atoms in total. The maximum Gasteiger partial charge on any atom is 0.573 e. The van der Waals surface area contributed by atoms with Crippen molar-refractivity contribution in [1.29, 1.82) is 0 Å². The van der Waals surface area contributed by atoms with Crippen LogP contribution < -0.4 is 15.0 Å². The number of ether oxygens (including phenoxy) is 1. The minimum Gasteiger partial charge on any atom is -0.406 e. The second-order valence-electron chi connectivity index (χ2n) is 6.46. The first kappa shape index (κ1) is 22.7. The normalized spacial score (nSPS) is 16.5. The minimum absolute atomic E-state index is 0.00965. The molecular formula is C19H14ClF6N3O2. The van der Waals surface area contributed by atoms with Crippen LogP contribution in [0.1, 0.15) is 12.0 Å². The van der Waals surface area contributed by atoms with Gasteiger partial charge in [0.25, 0.3) is 0 Å². The third-order valence-electron chi connectivity index (χ3n) is 4.28. The molecule has 0 spiro atoms. The van der Waals surface area contributed by atoms with E-state index in [0.717, 1.165) is 18.2 Å². The lowest BCUT2D eigenvalue weighted by Crippen LogP contribution is -2.38. The fraction of sp³-hybridized carbons (Fsp3) is 0.263. The largest absolute Gasteiger partial charge is 0.573 e. The van der Waals surface area contributed by atoms with Crippen molar-refractivity contribution >= 4 is 28.9 Å². The number of hydrogen-bond acceptors (Lipinski definition) is 5. The minimum atomic E-state index is -4.81. The van der Waals surface area contributed by atoms with E-state index in [0.29, 0.717) is 11.9 Å². The predicted molar refractivity (Wildman–Crippen MR) is 101 cm³/mol. The highest BCUT2D eigenvalue weighted by atomic mass is 35.5. The Morgan fingerprint density at radius 2 is 1.87 bits per heavy atom. The van der Waals surface area contributed by atoms with Crippen molar-refractivity contribution in [3.8, 4) is 5.75 Å². The molecule has 12 heteroatoms. The average Bonchev–Trinajstić information content (AvgIpc) is 3.15. The summed E-state index contributed by atoms with van der Waals surface area (Å²) in [5.41, 5.74) is -0.627. The molecule has 1 atom stereocenters. The number of anilines is 2. The Labute approximate surface area is 177 Å². The summed E-state index contributed by atoms with van der Waals surface area (Å²) in [5.74, 6) is -0.715. The lowest BCUT2D eigenvalue weighted by molar-refractivity contribution is -0.274. The van der Waals surface area contributed by atoms with Crippen molar-refractivity contribution in [3.63, 3.8) is 0 Å². The summed E-state index contributed by atoms with van der Waals surface area (Å²) < 4.78 is 78.7. The summed E-state index contributed by atoms with van der Waals surface area (Å²) in [4.78, 5) is 17.8. The first-order valence-electron chi connectivity index (χ1n) is 8.74. The van der Waals surface area contributed by atoms with Crippen LogP contribution in [0.25, 0.3) is 0 Å². The molecule has 1 aromatic heterocycles. The van der Waals surface area contributed by atoms with Crippen LogP contribution in [0.5, 0.6) is 5.75 Å². The Balaban J connectivity index is 1.64. The zero-order valence-electron chi connectivity index (χ0n) is 15.5. The number of Topliss-reactive ketones (excluding diaryl/α,β-unsaturated/α-hetero) is 1. The van der Waals surface area contributed by atoms with Gasteiger partial charge in [-0.05, 0) is 36.8 Å². The molecule has 0 saturated heterocycles. The molecule has 0 bridgehead atoms. The summed E-state index contributed by atoms with van der Waals surface area (Å²) in [6, 6.07) is 4.80. The van der Waals surface area contributed by atoms with Crippen molar-refractivity contribution in [3.05, 3.63) is 59.4 Å². The molecule has 3 rings (SSSR count). The fourth-order valence-corrected chi connectivity index (χ4v) is 3.15. The number of alkyl halides is 6. The molecular weight excluding hydrogens is 452 g/mol. The number of carbonyl (C=O) groups excluding carboxylic acids is 1. The third kappa shape index (κ3) is 5.81. The summed E-state index contributed by atoms with van der Waals surface area (Å²) >= 11 is 5.96. The maximum absolute atomic E-state index is 12.8. The van der Waals surface area contributed by atoms with Gasteiger partial charge in [-0.3, -0.25) is 4.79 Å². The van der Waals surface area contributed by atoms with Gasteiger partial charge >= 0.3 is 12.5 Å². The zero-order chi connectivity index (χ0) is 22.8. The van der Waals surface area contributed by atoms with Crippen LogP contribution in [0.15, 0.2) is 48.8 Å². The topological polar surface area (TPSA) is 54.5 Å². The van der Waals surface area contributed by atoms with Gasteiger partial charge in [-0.25, -0.2) is 4.98 Å². The monoisotopic (exact) mass is 465 g/mol. The van der Waals surface area contributed by atoms with E-state index in [2.05, 4.69) is 15.0 Å². The quantitative estimate of drug-likeness (QED) is 0.577. The molecule has 1 unspecified atom stereocenters. The van der Waals surface area contributed by atoms with Crippen LogP contribution >= 0.6 is 11.6 Å². The van der Waals surface area contributed by atoms with E-state index >= 15 is 0 Å². The number of ketones is 1. The SMILES string of the molecule is O=C(CNc1ccc(OC(F)(F)F)cc1)C1CC=CN1c1ncc(C(F)(F)F)cc1Cl. The molecule has 1 aliphatic heterocycles. The van der Waals surface area contributed by atoms with Gasteiger partial charge in [0.05, 0.1) is 23.2 Å². The van der Waals surface area contributed by atoms with Crippen LogP contribution in [-0.4, -0.2) is 29.7 Å². The molecule has 0 radical (unpaired) electrons. The number of benzene rings is 1. The lowest BCUT2D eigenvalue weighted by Gasteiger charge is -2.25. The van der Waals surface area contributed by atoms with Gasteiger partial charge in [-0.15, -0.1) is 13.2 Å². The van der Waals surface area contributed by atoms with E-state index in [4.69, 9.17) is 11.6 Å². The summed E-state index contributed by atoms with van der Waals surface area (Å²) in [6.07, 6.45) is -5.32. The van der Waals surface area contributed by atoms with Gasteiger partial charge in [-0.2, -0.15) is 13.2 Å².